The molecule has 4 nitrogen and oxygen atoms in total. The summed E-state index contributed by atoms with van der Waals surface area (Å²) < 4.78 is 0. The second kappa shape index (κ2) is 6.21. The van der Waals surface area contributed by atoms with Crippen molar-refractivity contribution in [2.75, 3.05) is 34.2 Å². The normalized spacial score (nSPS) is 14.0. The Kier molecular flexibility index (Phi) is 5.97. The van der Waals surface area contributed by atoms with Gasteiger partial charge in [0.05, 0.1) is 6.04 Å². The molecule has 0 aliphatic rings. The molecular weight excluding hydrogens is 202 g/mol. The monoisotopic (exact) mass is 229 g/mol. The highest BCUT2D eigenvalue weighted by Crippen LogP contribution is 2.18. The van der Waals surface area contributed by atoms with Crippen molar-refractivity contribution in [3.8, 4) is 0 Å². The Morgan fingerprint density at radius 2 is 1.69 bits per heavy atom. The lowest BCUT2D eigenvalue weighted by Crippen LogP contribution is -2.49. The minimum Gasteiger partial charge on any atom is -0.344 e. The van der Waals surface area contributed by atoms with Gasteiger partial charge in [0.25, 0.3) is 0 Å². The van der Waals surface area contributed by atoms with E-state index in [-0.39, 0.29) is 11.3 Å². The summed E-state index contributed by atoms with van der Waals surface area (Å²) in [6, 6.07) is -0.420. The molecule has 0 fully saturated rings. The maximum atomic E-state index is 12.0. The fraction of sp³-hybridized carbons (Fsp3) is 0.917. The molecule has 1 amide bonds. The maximum Gasteiger partial charge on any atom is 0.239 e. The number of nitrogens with zero attached hydrogens (tertiary/aromatic N) is 2. The first-order valence-corrected chi connectivity index (χ1v) is 5.81. The van der Waals surface area contributed by atoms with Crippen molar-refractivity contribution in [3.63, 3.8) is 0 Å². The van der Waals surface area contributed by atoms with Gasteiger partial charge in [0.2, 0.25) is 5.91 Å². The van der Waals surface area contributed by atoms with Gasteiger partial charge in [-0.1, -0.05) is 20.8 Å². The molecule has 0 spiro atoms. The number of carbonyl (C=O) groups is 1. The number of hydrogen-bond acceptors (Lipinski definition) is 3. The predicted molar refractivity (Wildman–Crippen MR) is 68.2 cm³/mol. The van der Waals surface area contributed by atoms with Crippen LogP contribution in [-0.2, 0) is 4.79 Å². The summed E-state index contributed by atoms with van der Waals surface area (Å²) in [7, 11) is 5.88. The third kappa shape index (κ3) is 5.47. The molecule has 4 heteroatoms. The van der Waals surface area contributed by atoms with E-state index in [2.05, 4.69) is 4.90 Å². The number of likely N-dealkylation sites (N-methyl/N-ethyl adjacent to an activating group) is 1. The van der Waals surface area contributed by atoms with Crippen molar-refractivity contribution in [3.05, 3.63) is 0 Å². The number of nitrogens with two attached hydrogens (primary N) is 1. The minimum atomic E-state index is -0.420. The van der Waals surface area contributed by atoms with E-state index in [4.69, 9.17) is 5.73 Å². The summed E-state index contributed by atoms with van der Waals surface area (Å²) in [5.74, 6) is 0.0336. The van der Waals surface area contributed by atoms with E-state index in [0.29, 0.717) is 0 Å². The van der Waals surface area contributed by atoms with Crippen molar-refractivity contribution < 1.29 is 4.79 Å². The molecule has 96 valence electrons. The van der Waals surface area contributed by atoms with Crippen LogP contribution < -0.4 is 5.73 Å². The van der Waals surface area contributed by atoms with Crippen LogP contribution >= 0.6 is 0 Å². The first-order chi connectivity index (χ1) is 7.16. The van der Waals surface area contributed by atoms with Crippen LogP contribution in [0.15, 0.2) is 0 Å². The van der Waals surface area contributed by atoms with E-state index in [1.807, 2.05) is 41.9 Å². The summed E-state index contributed by atoms with van der Waals surface area (Å²) in [6.45, 7) is 7.72. The van der Waals surface area contributed by atoms with Gasteiger partial charge >= 0.3 is 0 Å². The Balaban J connectivity index is 4.09. The molecule has 1 unspecified atom stereocenters. The highest BCUT2D eigenvalue weighted by atomic mass is 16.2. The number of carbonyl (C=O) groups excluding carboxylic acids is 1. The SMILES string of the molecule is CN(C)CCCN(C)C(=O)C(N)C(C)(C)C. The van der Waals surface area contributed by atoms with E-state index in [9.17, 15) is 4.79 Å². The second-order valence-corrected chi connectivity index (χ2v) is 5.76. The van der Waals surface area contributed by atoms with Crippen LogP contribution in [0.2, 0.25) is 0 Å². The topological polar surface area (TPSA) is 49.6 Å². The Morgan fingerprint density at radius 3 is 2.06 bits per heavy atom. The molecule has 0 radical (unpaired) electrons. The van der Waals surface area contributed by atoms with Gasteiger partial charge in [0.1, 0.15) is 0 Å². The number of amides is 1. The molecule has 0 aliphatic carbocycles. The molecule has 0 aliphatic heterocycles. The molecule has 0 aromatic carbocycles. The molecular formula is C12H27N3O. The summed E-state index contributed by atoms with van der Waals surface area (Å²) in [5.41, 5.74) is 5.75. The Morgan fingerprint density at radius 1 is 1.19 bits per heavy atom. The summed E-state index contributed by atoms with van der Waals surface area (Å²) in [5, 5.41) is 0. The lowest BCUT2D eigenvalue weighted by Gasteiger charge is -2.30. The zero-order chi connectivity index (χ0) is 12.9. The Labute approximate surface area is 99.8 Å². The van der Waals surface area contributed by atoms with E-state index in [1.165, 1.54) is 0 Å². The zero-order valence-electron chi connectivity index (χ0n) is 11.6. The van der Waals surface area contributed by atoms with Crippen LogP contribution in [0.3, 0.4) is 0 Å². The van der Waals surface area contributed by atoms with E-state index >= 15 is 0 Å². The van der Waals surface area contributed by atoms with Gasteiger partial charge in [-0.3, -0.25) is 4.79 Å². The smallest absolute Gasteiger partial charge is 0.239 e. The molecule has 0 saturated carbocycles. The summed E-state index contributed by atoms with van der Waals surface area (Å²) in [6.07, 6.45) is 0.978. The zero-order valence-corrected chi connectivity index (χ0v) is 11.6. The number of hydrogen-bond donors (Lipinski definition) is 1. The Hall–Kier alpha value is -0.610. The van der Waals surface area contributed by atoms with Gasteiger partial charge in [0, 0.05) is 13.6 Å². The van der Waals surface area contributed by atoms with E-state index < -0.39 is 6.04 Å². The minimum absolute atomic E-state index is 0.0336. The highest BCUT2D eigenvalue weighted by molar-refractivity contribution is 5.82. The molecule has 16 heavy (non-hydrogen) atoms. The van der Waals surface area contributed by atoms with Gasteiger partial charge in [-0.05, 0) is 32.5 Å². The van der Waals surface area contributed by atoms with Gasteiger partial charge in [-0.2, -0.15) is 0 Å². The quantitative estimate of drug-likeness (QED) is 0.757. The van der Waals surface area contributed by atoms with Crippen LogP contribution in [0.5, 0.6) is 0 Å². The summed E-state index contributed by atoms with van der Waals surface area (Å²) >= 11 is 0. The fourth-order valence-electron chi connectivity index (χ4n) is 1.34. The first kappa shape index (κ1) is 15.4. The largest absolute Gasteiger partial charge is 0.344 e. The molecule has 0 aromatic heterocycles. The molecule has 0 bridgehead atoms. The molecule has 2 N–H and O–H groups in total. The molecule has 1 atom stereocenters. The van der Waals surface area contributed by atoms with E-state index in [0.717, 1.165) is 19.5 Å². The lowest BCUT2D eigenvalue weighted by atomic mass is 9.86. The highest BCUT2D eigenvalue weighted by Gasteiger charge is 2.29. The maximum absolute atomic E-state index is 12.0. The average Bonchev–Trinajstić information content (AvgIpc) is 2.13. The molecule has 0 saturated heterocycles. The molecule has 0 rings (SSSR count). The Bertz CT molecular complexity index is 221. The van der Waals surface area contributed by atoms with Crippen LogP contribution in [0.1, 0.15) is 27.2 Å². The predicted octanol–water partition coefficient (Wildman–Crippen LogP) is 0.770. The third-order valence-electron chi connectivity index (χ3n) is 2.67. The van der Waals surface area contributed by atoms with Gasteiger partial charge < -0.3 is 15.5 Å². The van der Waals surface area contributed by atoms with Crippen LogP contribution in [-0.4, -0.2) is 56.0 Å². The van der Waals surface area contributed by atoms with Crippen molar-refractivity contribution in [2.45, 2.75) is 33.2 Å². The van der Waals surface area contributed by atoms with Gasteiger partial charge in [-0.15, -0.1) is 0 Å². The lowest BCUT2D eigenvalue weighted by molar-refractivity contribution is -0.133. The number of rotatable bonds is 5. The van der Waals surface area contributed by atoms with Crippen molar-refractivity contribution in [1.29, 1.82) is 0 Å². The standard InChI is InChI=1S/C12H27N3O/c1-12(2,3)10(13)11(16)15(6)9-7-8-14(4)5/h10H,7-9,13H2,1-6H3. The van der Waals surface area contributed by atoms with Crippen molar-refractivity contribution in [2.24, 2.45) is 11.1 Å². The average molecular weight is 229 g/mol. The van der Waals surface area contributed by atoms with Crippen molar-refractivity contribution in [1.82, 2.24) is 9.80 Å². The van der Waals surface area contributed by atoms with Gasteiger partial charge in [-0.25, -0.2) is 0 Å². The third-order valence-corrected chi connectivity index (χ3v) is 2.67. The second-order valence-electron chi connectivity index (χ2n) is 5.76. The van der Waals surface area contributed by atoms with Crippen LogP contribution in [0.25, 0.3) is 0 Å². The van der Waals surface area contributed by atoms with Crippen LogP contribution in [0.4, 0.5) is 0 Å². The van der Waals surface area contributed by atoms with E-state index in [1.54, 1.807) is 4.90 Å². The molecule has 0 heterocycles. The van der Waals surface area contributed by atoms with Crippen molar-refractivity contribution >= 4 is 5.91 Å². The van der Waals surface area contributed by atoms with Crippen LogP contribution in [0, 0.1) is 5.41 Å². The summed E-state index contributed by atoms with van der Waals surface area (Å²) in [4.78, 5) is 15.8. The van der Waals surface area contributed by atoms with Gasteiger partial charge in [0.15, 0.2) is 0 Å². The first-order valence-electron chi connectivity index (χ1n) is 5.81. The molecule has 0 aromatic rings. The fourth-order valence-corrected chi connectivity index (χ4v) is 1.34.